The van der Waals surface area contributed by atoms with Crippen molar-refractivity contribution in [2.24, 2.45) is 0 Å². The van der Waals surface area contributed by atoms with Gasteiger partial charge in [0.1, 0.15) is 23.1 Å². The second-order valence-electron chi connectivity index (χ2n) is 12.1. The number of halogens is 2. The average Bonchev–Trinajstić information content (AvgIpc) is 3.62. The first kappa shape index (κ1) is 29.8. The molecule has 2 aromatic carbocycles. The second kappa shape index (κ2) is 11.5. The van der Waals surface area contributed by atoms with Crippen molar-refractivity contribution in [2.45, 2.75) is 70.9 Å². The van der Waals surface area contributed by atoms with Crippen molar-refractivity contribution in [1.29, 1.82) is 0 Å². The zero-order valence-electron chi connectivity index (χ0n) is 25.3. The fourth-order valence-electron chi connectivity index (χ4n) is 6.59. The number of imidazole rings is 1. The van der Waals surface area contributed by atoms with Crippen molar-refractivity contribution in [3.63, 3.8) is 0 Å². The molecule has 3 aliphatic heterocycles. The molecule has 0 radical (unpaired) electrons. The number of aryl methyl sites for hydroxylation is 2. The largest absolute Gasteiger partial charge is 0.476 e. The second-order valence-corrected chi connectivity index (χ2v) is 12.5. The quantitative estimate of drug-likeness (QED) is 0.233. The van der Waals surface area contributed by atoms with Gasteiger partial charge < -0.3 is 28.3 Å². The highest BCUT2D eigenvalue weighted by molar-refractivity contribution is 6.30. The molecule has 3 aliphatic rings. The molecular formula is C33H34ClFN4O6. The van der Waals surface area contributed by atoms with Gasteiger partial charge in [-0.15, -0.1) is 0 Å². The summed E-state index contributed by atoms with van der Waals surface area (Å²) in [7, 11) is 0. The Bertz CT molecular complexity index is 1780. The molecule has 12 heteroatoms. The monoisotopic (exact) mass is 636 g/mol. The number of piperidine rings is 1. The highest BCUT2D eigenvalue weighted by Gasteiger charge is 2.43. The number of carboxylic acid groups (broad SMARTS) is 1. The van der Waals surface area contributed by atoms with Crippen LogP contribution in [0, 0.1) is 19.7 Å². The van der Waals surface area contributed by atoms with Crippen LogP contribution in [-0.4, -0.2) is 56.3 Å². The van der Waals surface area contributed by atoms with Crippen LogP contribution in [0.2, 0.25) is 5.02 Å². The number of benzene rings is 2. The molecule has 0 bridgehead atoms. The van der Waals surface area contributed by atoms with E-state index < -0.39 is 17.6 Å². The van der Waals surface area contributed by atoms with Gasteiger partial charge in [-0.25, -0.2) is 19.2 Å². The molecule has 7 rings (SSSR count). The van der Waals surface area contributed by atoms with Crippen LogP contribution < -0.4 is 9.47 Å². The van der Waals surface area contributed by atoms with Gasteiger partial charge in [0.25, 0.3) is 5.79 Å². The van der Waals surface area contributed by atoms with Gasteiger partial charge >= 0.3 is 5.97 Å². The number of oxazole rings is 1. The van der Waals surface area contributed by atoms with E-state index in [2.05, 4.69) is 20.5 Å². The molecule has 0 spiro atoms. The van der Waals surface area contributed by atoms with E-state index in [1.807, 2.05) is 19.1 Å². The van der Waals surface area contributed by atoms with Crippen LogP contribution >= 0.6 is 11.6 Å². The van der Waals surface area contributed by atoms with Crippen molar-refractivity contribution < 1.29 is 32.9 Å². The number of nitrogens with zero attached hydrogens (tertiary/aromatic N) is 4. The zero-order chi connectivity index (χ0) is 31.5. The standard InChI is InChI=1S/C33H34ClFN4O6/c1-18-29(31-37-28(32(40)41)19(2)43-31)39(16-22-11-14-42-22)27(36-18)17-38-12-9-20(10-13-38)23-5-4-6-26-30(23)45-33(3,44-26)24-8-7-21(34)15-25(24)35/h4-8,15,20,22H,9-14,16-17H2,1-3H3,(H,40,41). The predicted molar refractivity (Wildman–Crippen MR) is 162 cm³/mol. The van der Waals surface area contributed by atoms with E-state index in [-0.39, 0.29) is 29.4 Å². The van der Waals surface area contributed by atoms with Gasteiger partial charge in [0.05, 0.1) is 30.5 Å². The Morgan fingerprint density at radius 1 is 1.13 bits per heavy atom. The molecule has 4 aromatic rings. The zero-order valence-corrected chi connectivity index (χ0v) is 26.1. The summed E-state index contributed by atoms with van der Waals surface area (Å²) in [4.78, 5) is 23.2. The maximum Gasteiger partial charge on any atom is 0.358 e. The maximum atomic E-state index is 14.8. The lowest BCUT2D eigenvalue weighted by atomic mass is 9.88. The molecule has 0 amide bonds. The number of rotatable bonds is 8. The van der Waals surface area contributed by atoms with Crippen LogP contribution in [0.25, 0.3) is 11.6 Å². The van der Waals surface area contributed by atoms with E-state index in [1.54, 1.807) is 26.0 Å². The van der Waals surface area contributed by atoms with E-state index in [0.717, 1.165) is 56.0 Å². The van der Waals surface area contributed by atoms with Crippen LogP contribution in [-0.2, 0) is 23.6 Å². The lowest BCUT2D eigenvalue weighted by Crippen LogP contribution is -2.35. The molecular weight excluding hydrogens is 603 g/mol. The Morgan fingerprint density at radius 2 is 1.91 bits per heavy atom. The smallest absolute Gasteiger partial charge is 0.358 e. The minimum atomic E-state index is -1.29. The Balaban J connectivity index is 1.08. The van der Waals surface area contributed by atoms with E-state index in [0.29, 0.717) is 40.9 Å². The number of likely N-dealkylation sites (tertiary alicyclic amines) is 1. The summed E-state index contributed by atoms with van der Waals surface area (Å²) in [6.07, 6.45) is 2.80. The summed E-state index contributed by atoms with van der Waals surface area (Å²) in [5, 5.41) is 9.84. The summed E-state index contributed by atoms with van der Waals surface area (Å²) in [6, 6.07) is 10.4. The van der Waals surface area contributed by atoms with Crippen molar-refractivity contribution in [3.8, 4) is 23.1 Å². The highest BCUT2D eigenvalue weighted by Crippen LogP contribution is 2.50. The van der Waals surface area contributed by atoms with Gasteiger partial charge in [0, 0.05) is 24.1 Å². The van der Waals surface area contributed by atoms with Crippen molar-refractivity contribution in [2.75, 3.05) is 19.7 Å². The third-order valence-electron chi connectivity index (χ3n) is 9.03. The molecule has 0 aliphatic carbocycles. The molecule has 45 heavy (non-hydrogen) atoms. The molecule has 0 saturated carbocycles. The Labute approximate surface area is 264 Å². The number of hydrogen-bond donors (Lipinski definition) is 1. The summed E-state index contributed by atoms with van der Waals surface area (Å²) >= 11 is 5.98. The third kappa shape index (κ3) is 5.47. The molecule has 236 valence electrons. The van der Waals surface area contributed by atoms with E-state index in [9.17, 15) is 14.3 Å². The van der Waals surface area contributed by atoms with E-state index in [4.69, 9.17) is 35.2 Å². The van der Waals surface area contributed by atoms with Gasteiger partial charge in [0.2, 0.25) is 5.89 Å². The lowest BCUT2D eigenvalue weighted by molar-refractivity contribution is -0.0712. The first-order valence-electron chi connectivity index (χ1n) is 15.2. The fraction of sp³-hybridized carbons (Fsp3) is 0.424. The predicted octanol–water partition coefficient (Wildman–Crippen LogP) is 6.46. The van der Waals surface area contributed by atoms with Crippen molar-refractivity contribution in [1.82, 2.24) is 19.4 Å². The van der Waals surface area contributed by atoms with E-state index in [1.165, 1.54) is 6.07 Å². The van der Waals surface area contributed by atoms with Crippen LogP contribution in [0.4, 0.5) is 4.39 Å². The number of aromatic nitrogens is 3. The van der Waals surface area contributed by atoms with Crippen molar-refractivity contribution >= 4 is 17.6 Å². The number of ether oxygens (including phenoxy) is 3. The Kier molecular flexibility index (Phi) is 7.58. The van der Waals surface area contributed by atoms with Gasteiger partial charge in [0.15, 0.2) is 17.2 Å². The molecule has 2 fully saturated rings. The average molecular weight is 637 g/mol. The Hall–Kier alpha value is -3.93. The number of carbonyl (C=O) groups is 1. The number of hydrogen-bond acceptors (Lipinski definition) is 8. The minimum absolute atomic E-state index is 0.0614. The lowest BCUT2D eigenvalue weighted by Gasteiger charge is -2.33. The van der Waals surface area contributed by atoms with Crippen LogP contribution in [0.15, 0.2) is 40.8 Å². The maximum absolute atomic E-state index is 14.8. The topological polar surface area (TPSA) is 112 Å². The number of para-hydroxylation sites is 1. The van der Waals surface area contributed by atoms with Gasteiger partial charge in [-0.1, -0.05) is 23.7 Å². The minimum Gasteiger partial charge on any atom is -0.476 e. The van der Waals surface area contributed by atoms with Crippen LogP contribution in [0.1, 0.15) is 71.0 Å². The normalized spacial score (nSPS) is 21.7. The van der Waals surface area contributed by atoms with Crippen LogP contribution in [0.5, 0.6) is 11.5 Å². The number of aromatic carboxylic acids is 1. The number of fused-ring (bicyclic) bond motifs is 1. The first-order valence-corrected chi connectivity index (χ1v) is 15.5. The fourth-order valence-corrected chi connectivity index (χ4v) is 6.75. The summed E-state index contributed by atoms with van der Waals surface area (Å²) in [6.45, 7) is 8.82. The molecule has 2 atom stereocenters. The molecule has 5 heterocycles. The molecule has 2 unspecified atom stereocenters. The van der Waals surface area contributed by atoms with Gasteiger partial charge in [-0.2, -0.15) is 0 Å². The van der Waals surface area contributed by atoms with Gasteiger partial charge in [-0.3, -0.25) is 4.90 Å². The molecule has 2 aromatic heterocycles. The molecule has 2 saturated heterocycles. The summed E-state index contributed by atoms with van der Waals surface area (Å²) < 4.78 is 41.0. The van der Waals surface area contributed by atoms with E-state index >= 15 is 0 Å². The van der Waals surface area contributed by atoms with Crippen molar-refractivity contribution in [3.05, 3.63) is 81.3 Å². The number of carboxylic acids is 1. The third-order valence-corrected chi connectivity index (χ3v) is 9.26. The highest BCUT2D eigenvalue weighted by atomic mass is 35.5. The Morgan fingerprint density at radius 3 is 2.58 bits per heavy atom. The first-order chi connectivity index (χ1) is 21.6. The van der Waals surface area contributed by atoms with Crippen LogP contribution in [0.3, 0.4) is 0 Å². The summed E-state index contributed by atoms with van der Waals surface area (Å²) in [5.74, 6) is -0.0259. The summed E-state index contributed by atoms with van der Waals surface area (Å²) in [5.41, 5.74) is 2.67. The molecule has 10 nitrogen and oxygen atoms in total. The van der Waals surface area contributed by atoms with Gasteiger partial charge in [-0.05, 0) is 76.4 Å². The SMILES string of the molecule is Cc1nc(CN2CCC(c3cccc4c3OC(C)(c3ccc(Cl)cc3F)O4)CC2)n(CC2CCO2)c1-c1nc(C(=O)O)c(C)o1. The molecule has 1 N–H and O–H groups in total.